The van der Waals surface area contributed by atoms with Gasteiger partial charge in [0, 0.05) is 6.07 Å². The average Bonchev–Trinajstić information content (AvgIpc) is 2.59. The summed E-state index contributed by atoms with van der Waals surface area (Å²) >= 11 is 0. The molecule has 25 heavy (non-hydrogen) atoms. The van der Waals surface area contributed by atoms with Crippen molar-refractivity contribution < 1.29 is 19.0 Å². The summed E-state index contributed by atoms with van der Waals surface area (Å²) in [7, 11) is 3.12. The summed E-state index contributed by atoms with van der Waals surface area (Å²) in [6.45, 7) is 7.75. The molecule has 134 valence electrons. The van der Waals surface area contributed by atoms with Gasteiger partial charge in [0.1, 0.15) is 17.2 Å². The lowest BCUT2D eigenvalue weighted by atomic mass is 10.1. The number of hydrogen-bond donors (Lipinski definition) is 1. The molecule has 1 unspecified atom stereocenters. The number of rotatable bonds is 6. The summed E-state index contributed by atoms with van der Waals surface area (Å²) in [5, 5.41) is 2.84. The molecule has 0 bridgehead atoms. The van der Waals surface area contributed by atoms with Crippen LogP contribution >= 0.6 is 0 Å². The standard InChI is InChI=1S/C20H25NO4/c1-12-9-13(2)14(3)18(10-12)25-15(4)20(22)21-17-8-7-16(23-5)11-19(17)24-6/h7-11,15H,1-6H3,(H,21,22). The minimum Gasteiger partial charge on any atom is -0.497 e. The number of amides is 1. The van der Waals surface area contributed by atoms with Gasteiger partial charge in [0.25, 0.3) is 5.91 Å². The lowest BCUT2D eigenvalue weighted by Crippen LogP contribution is -2.30. The van der Waals surface area contributed by atoms with Crippen LogP contribution in [0.2, 0.25) is 0 Å². The molecule has 0 aliphatic carbocycles. The average molecular weight is 343 g/mol. The van der Waals surface area contributed by atoms with Crippen molar-refractivity contribution in [2.45, 2.75) is 33.8 Å². The van der Waals surface area contributed by atoms with Gasteiger partial charge in [-0.15, -0.1) is 0 Å². The van der Waals surface area contributed by atoms with E-state index >= 15 is 0 Å². The topological polar surface area (TPSA) is 56.8 Å². The zero-order valence-electron chi connectivity index (χ0n) is 15.6. The molecule has 1 atom stereocenters. The quantitative estimate of drug-likeness (QED) is 0.860. The van der Waals surface area contributed by atoms with Crippen LogP contribution in [0, 0.1) is 20.8 Å². The van der Waals surface area contributed by atoms with Gasteiger partial charge in [-0.05, 0) is 62.6 Å². The first-order chi connectivity index (χ1) is 11.8. The van der Waals surface area contributed by atoms with Crippen molar-refractivity contribution in [1.82, 2.24) is 0 Å². The number of aryl methyl sites for hydroxylation is 2. The zero-order valence-corrected chi connectivity index (χ0v) is 15.6. The summed E-state index contributed by atoms with van der Waals surface area (Å²) in [5.41, 5.74) is 3.84. The third-order valence-electron chi connectivity index (χ3n) is 4.10. The van der Waals surface area contributed by atoms with Crippen molar-refractivity contribution in [3.63, 3.8) is 0 Å². The Morgan fingerprint density at radius 3 is 2.36 bits per heavy atom. The first-order valence-electron chi connectivity index (χ1n) is 8.13. The lowest BCUT2D eigenvalue weighted by molar-refractivity contribution is -0.122. The van der Waals surface area contributed by atoms with Gasteiger partial charge in [-0.25, -0.2) is 0 Å². The molecule has 0 saturated heterocycles. The van der Waals surface area contributed by atoms with E-state index < -0.39 is 6.10 Å². The fourth-order valence-corrected chi connectivity index (χ4v) is 2.50. The van der Waals surface area contributed by atoms with Crippen LogP contribution in [0.15, 0.2) is 30.3 Å². The van der Waals surface area contributed by atoms with Crippen LogP contribution in [-0.4, -0.2) is 26.2 Å². The predicted octanol–water partition coefficient (Wildman–Crippen LogP) is 4.04. The number of carbonyl (C=O) groups excluding carboxylic acids is 1. The first kappa shape index (κ1) is 18.6. The smallest absolute Gasteiger partial charge is 0.265 e. The minimum atomic E-state index is -0.647. The summed E-state index contributed by atoms with van der Waals surface area (Å²) in [6, 6.07) is 9.26. The number of anilines is 1. The Bertz CT molecular complexity index is 771. The molecule has 0 radical (unpaired) electrons. The largest absolute Gasteiger partial charge is 0.497 e. The molecule has 0 aliphatic rings. The molecule has 0 aromatic heterocycles. The van der Waals surface area contributed by atoms with Crippen molar-refractivity contribution in [3.05, 3.63) is 47.0 Å². The summed E-state index contributed by atoms with van der Waals surface area (Å²) in [4.78, 5) is 12.5. The molecule has 2 aromatic rings. The molecule has 2 aromatic carbocycles. The Labute approximate surface area is 148 Å². The molecule has 5 nitrogen and oxygen atoms in total. The van der Waals surface area contributed by atoms with E-state index in [4.69, 9.17) is 14.2 Å². The fraction of sp³-hybridized carbons (Fsp3) is 0.350. The number of nitrogens with one attached hydrogen (secondary N) is 1. The van der Waals surface area contributed by atoms with Crippen LogP contribution in [0.25, 0.3) is 0 Å². The molecule has 0 heterocycles. The summed E-state index contributed by atoms with van der Waals surface area (Å²) in [5.74, 6) is 1.66. The SMILES string of the molecule is COc1ccc(NC(=O)C(C)Oc2cc(C)cc(C)c2C)c(OC)c1. The van der Waals surface area contributed by atoms with Gasteiger partial charge in [0.2, 0.25) is 0 Å². The molecular formula is C20H25NO4. The van der Waals surface area contributed by atoms with Gasteiger partial charge in [-0.1, -0.05) is 6.07 Å². The van der Waals surface area contributed by atoms with E-state index in [0.717, 1.165) is 22.4 Å². The highest BCUT2D eigenvalue weighted by molar-refractivity contribution is 5.95. The Kier molecular flexibility index (Phi) is 5.91. The van der Waals surface area contributed by atoms with Crippen LogP contribution in [0.4, 0.5) is 5.69 Å². The Balaban J connectivity index is 2.13. The maximum atomic E-state index is 12.5. The highest BCUT2D eigenvalue weighted by atomic mass is 16.5. The van der Waals surface area contributed by atoms with E-state index in [1.807, 2.05) is 26.8 Å². The minimum absolute atomic E-state index is 0.248. The predicted molar refractivity (Wildman–Crippen MR) is 98.9 cm³/mol. The van der Waals surface area contributed by atoms with Crippen molar-refractivity contribution in [2.24, 2.45) is 0 Å². The number of ether oxygens (including phenoxy) is 3. The molecule has 0 spiro atoms. The van der Waals surface area contributed by atoms with Gasteiger partial charge in [-0.2, -0.15) is 0 Å². The molecular weight excluding hydrogens is 318 g/mol. The van der Waals surface area contributed by atoms with Gasteiger partial charge in [0.15, 0.2) is 6.10 Å². The van der Waals surface area contributed by atoms with Crippen molar-refractivity contribution in [3.8, 4) is 17.2 Å². The van der Waals surface area contributed by atoms with Gasteiger partial charge < -0.3 is 19.5 Å². The van der Waals surface area contributed by atoms with Crippen LogP contribution in [0.3, 0.4) is 0 Å². The zero-order chi connectivity index (χ0) is 18.6. The number of carbonyl (C=O) groups is 1. The van der Waals surface area contributed by atoms with E-state index in [1.165, 1.54) is 0 Å². The third-order valence-corrected chi connectivity index (χ3v) is 4.10. The molecule has 0 fully saturated rings. The second-order valence-electron chi connectivity index (χ2n) is 6.02. The van der Waals surface area contributed by atoms with E-state index in [1.54, 1.807) is 39.3 Å². The van der Waals surface area contributed by atoms with Crippen LogP contribution < -0.4 is 19.5 Å². The normalized spacial score (nSPS) is 11.6. The molecule has 1 amide bonds. The molecule has 1 N–H and O–H groups in total. The number of methoxy groups -OCH3 is 2. The molecule has 2 rings (SSSR count). The molecule has 0 aliphatic heterocycles. The van der Waals surface area contributed by atoms with Gasteiger partial charge in [-0.3, -0.25) is 4.79 Å². The highest BCUT2D eigenvalue weighted by Crippen LogP contribution is 2.29. The van der Waals surface area contributed by atoms with Gasteiger partial charge >= 0.3 is 0 Å². The van der Waals surface area contributed by atoms with E-state index in [2.05, 4.69) is 11.4 Å². The van der Waals surface area contributed by atoms with E-state index in [-0.39, 0.29) is 5.91 Å². The van der Waals surface area contributed by atoms with Crippen LogP contribution in [-0.2, 0) is 4.79 Å². The Hall–Kier alpha value is -2.69. The first-order valence-corrected chi connectivity index (χ1v) is 8.13. The summed E-state index contributed by atoms with van der Waals surface area (Å²) < 4.78 is 16.3. The Morgan fingerprint density at radius 1 is 1.00 bits per heavy atom. The van der Waals surface area contributed by atoms with E-state index in [9.17, 15) is 4.79 Å². The maximum absolute atomic E-state index is 12.5. The second-order valence-corrected chi connectivity index (χ2v) is 6.02. The maximum Gasteiger partial charge on any atom is 0.265 e. The van der Waals surface area contributed by atoms with Crippen molar-refractivity contribution in [2.75, 3.05) is 19.5 Å². The monoisotopic (exact) mass is 343 g/mol. The number of hydrogen-bond acceptors (Lipinski definition) is 4. The molecule has 5 heteroatoms. The van der Waals surface area contributed by atoms with Crippen molar-refractivity contribution in [1.29, 1.82) is 0 Å². The van der Waals surface area contributed by atoms with Crippen LogP contribution in [0.1, 0.15) is 23.6 Å². The summed E-state index contributed by atoms with van der Waals surface area (Å²) in [6.07, 6.45) is -0.647. The molecule has 0 saturated carbocycles. The van der Waals surface area contributed by atoms with E-state index in [0.29, 0.717) is 17.2 Å². The lowest BCUT2D eigenvalue weighted by Gasteiger charge is -2.19. The number of benzene rings is 2. The van der Waals surface area contributed by atoms with Gasteiger partial charge in [0.05, 0.1) is 19.9 Å². The Morgan fingerprint density at radius 2 is 1.72 bits per heavy atom. The second kappa shape index (κ2) is 7.92. The van der Waals surface area contributed by atoms with Crippen LogP contribution in [0.5, 0.6) is 17.2 Å². The fourth-order valence-electron chi connectivity index (χ4n) is 2.50. The highest BCUT2D eigenvalue weighted by Gasteiger charge is 2.18. The van der Waals surface area contributed by atoms with Crippen molar-refractivity contribution >= 4 is 11.6 Å². The third kappa shape index (κ3) is 4.44.